The number of nitro groups is 1. The fraction of sp³-hybridized carbons (Fsp3) is 0.273. The highest BCUT2D eigenvalue weighted by molar-refractivity contribution is 6.32. The molecule has 0 bridgehead atoms. The topological polar surface area (TPSA) is 97.3 Å². The van der Waals surface area contributed by atoms with Gasteiger partial charge in [-0.15, -0.1) is 10.2 Å². The summed E-state index contributed by atoms with van der Waals surface area (Å²) < 4.78 is 1.56. The number of anilines is 1. The lowest BCUT2D eigenvalue weighted by Crippen LogP contribution is -2.32. The molecule has 1 aromatic heterocycles. The van der Waals surface area contributed by atoms with Gasteiger partial charge in [0.25, 0.3) is 5.69 Å². The summed E-state index contributed by atoms with van der Waals surface area (Å²) in [5.74, 6) is 1.10. The molecule has 2 rings (SSSR count). The number of rotatable bonds is 4. The van der Waals surface area contributed by atoms with E-state index in [0.29, 0.717) is 17.3 Å². The molecule has 0 saturated heterocycles. The van der Waals surface area contributed by atoms with Crippen molar-refractivity contribution in [2.24, 2.45) is 0 Å². The van der Waals surface area contributed by atoms with Crippen molar-refractivity contribution >= 4 is 23.0 Å². The third-order valence-electron chi connectivity index (χ3n) is 2.75. The summed E-state index contributed by atoms with van der Waals surface area (Å²) in [5, 5.41) is 29.7. The normalized spacial score (nSPS) is 10.6. The second-order valence-electron chi connectivity index (χ2n) is 4.04. The summed E-state index contributed by atoms with van der Waals surface area (Å²) in [6.07, 6.45) is 0. The van der Waals surface area contributed by atoms with Gasteiger partial charge in [-0.2, -0.15) is 0 Å². The number of halogens is 1. The molecular formula is C11H12ClN5O3. The summed E-state index contributed by atoms with van der Waals surface area (Å²) in [5.41, 5.74) is 0.181. The van der Waals surface area contributed by atoms with Gasteiger partial charge in [0.05, 0.1) is 10.6 Å². The van der Waals surface area contributed by atoms with Crippen LogP contribution in [0.3, 0.4) is 0 Å². The van der Waals surface area contributed by atoms with E-state index in [1.165, 1.54) is 17.1 Å². The molecule has 8 nitrogen and oxygen atoms in total. The molecule has 0 unspecified atom stereocenters. The number of aryl methyl sites for hydroxylation is 2. The van der Waals surface area contributed by atoms with Crippen molar-refractivity contribution < 1.29 is 10.0 Å². The second-order valence-corrected chi connectivity index (χ2v) is 4.45. The molecule has 0 aliphatic heterocycles. The van der Waals surface area contributed by atoms with E-state index < -0.39 is 11.7 Å². The summed E-state index contributed by atoms with van der Waals surface area (Å²) >= 11 is 5.77. The zero-order valence-corrected chi connectivity index (χ0v) is 11.6. The predicted octanol–water partition coefficient (Wildman–Crippen LogP) is 1.68. The summed E-state index contributed by atoms with van der Waals surface area (Å²) in [7, 11) is 0. The highest BCUT2D eigenvalue weighted by atomic mass is 35.5. The molecule has 0 saturated carbocycles. The van der Waals surface area contributed by atoms with Crippen LogP contribution < -0.4 is 5.01 Å². The van der Waals surface area contributed by atoms with Crippen molar-refractivity contribution in [2.45, 2.75) is 13.8 Å². The number of aliphatic hydroxyl groups is 1. The first-order valence-electron chi connectivity index (χ1n) is 5.67. The molecule has 0 aliphatic carbocycles. The molecule has 0 amide bonds. The molecule has 9 heteroatoms. The van der Waals surface area contributed by atoms with Crippen LogP contribution in [-0.4, -0.2) is 31.6 Å². The van der Waals surface area contributed by atoms with Gasteiger partial charge >= 0.3 is 0 Å². The zero-order chi connectivity index (χ0) is 14.9. The highest BCUT2D eigenvalue weighted by Crippen LogP contribution is 2.29. The van der Waals surface area contributed by atoms with Gasteiger partial charge in [-0.05, 0) is 26.0 Å². The van der Waals surface area contributed by atoms with E-state index in [9.17, 15) is 15.2 Å². The van der Waals surface area contributed by atoms with Gasteiger partial charge < -0.3 is 5.11 Å². The average molecular weight is 298 g/mol. The number of benzene rings is 1. The van der Waals surface area contributed by atoms with E-state index in [0.717, 1.165) is 0 Å². The largest absolute Gasteiger partial charge is 0.375 e. The first kappa shape index (κ1) is 14.2. The standard InChI is InChI=1S/C11H12ClN5O3/c1-7-13-14-8(2)16(7)15(6-18)9-3-4-10(12)11(5-9)17(19)20/h3-5,18H,6H2,1-2H3. The summed E-state index contributed by atoms with van der Waals surface area (Å²) in [4.78, 5) is 10.3. The molecule has 0 atom stereocenters. The summed E-state index contributed by atoms with van der Waals surface area (Å²) in [6.45, 7) is 3.04. The minimum Gasteiger partial charge on any atom is -0.375 e. The van der Waals surface area contributed by atoms with E-state index in [2.05, 4.69) is 10.2 Å². The fourth-order valence-electron chi connectivity index (χ4n) is 1.87. The van der Waals surface area contributed by atoms with Gasteiger partial charge in [0.15, 0.2) is 0 Å². The molecule has 1 aromatic carbocycles. The quantitative estimate of drug-likeness (QED) is 0.524. The number of hydrogen-bond donors (Lipinski definition) is 1. The Morgan fingerprint density at radius 1 is 1.40 bits per heavy atom. The van der Waals surface area contributed by atoms with Crippen molar-refractivity contribution in [1.82, 2.24) is 14.9 Å². The average Bonchev–Trinajstić information content (AvgIpc) is 2.73. The van der Waals surface area contributed by atoms with Crippen molar-refractivity contribution in [3.05, 3.63) is 45.0 Å². The zero-order valence-electron chi connectivity index (χ0n) is 10.8. The molecule has 2 aromatic rings. The summed E-state index contributed by atoms with van der Waals surface area (Å²) in [6, 6.07) is 4.27. The number of aromatic nitrogens is 3. The highest BCUT2D eigenvalue weighted by Gasteiger charge is 2.19. The molecule has 0 radical (unpaired) electrons. The Morgan fingerprint density at radius 3 is 2.50 bits per heavy atom. The van der Waals surface area contributed by atoms with Crippen molar-refractivity contribution in [1.29, 1.82) is 0 Å². The first-order valence-corrected chi connectivity index (χ1v) is 6.04. The van der Waals surface area contributed by atoms with Crippen LogP contribution in [0.4, 0.5) is 11.4 Å². The van der Waals surface area contributed by atoms with Crippen molar-refractivity contribution in [3.8, 4) is 0 Å². The maximum Gasteiger partial charge on any atom is 0.290 e. The number of nitro benzene ring substituents is 1. The van der Waals surface area contributed by atoms with Crippen LogP contribution in [0.15, 0.2) is 18.2 Å². The number of aliphatic hydroxyl groups excluding tert-OH is 1. The van der Waals surface area contributed by atoms with Crippen LogP contribution in [0.25, 0.3) is 0 Å². The van der Waals surface area contributed by atoms with Crippen LogP contribution in [-0.2, 0) is 0 Å². The smallest absolute Gasteiger partial charge is 0.290 e. The number of hydrogen-bond acceptors (Lipinski definition) is 6. The SMILES string of the molecule is Cc1nnc(C)n1N(CO)c1ccc(Cl)c([N+](=O)[O-])c1. The van der Waals surface area contributed by atoms with Crippen molar-refractivity contribution in [2.75, 3.05) is 11.7 Å². The molecule has 0 spiro atoms. The lowest BCUT2D eigenvalue weighted by atomic mass is 10.3. The first-order chi connectivity index (χ1) is 9.45. The van der Waals surface area contributed by atoms with Gasteiger partial charge in [0, 0.05) is 6.07 Å². The molecule has 1 heterocycles. The lowest BCUT2D eigenvalue weighted by molar-refractivity contribution is -0.384. The predicted molar refractivity (Wildman–Crippen MR) is 72.6 cm³/mol. The Hall–Kier alpha value is -2.19. The Bertz CT molecular complexity index is 638. The minimum absolute atomic E-state index is 0.0360. The third-order valence-corrected chi connectivity index (χ3v) is 3.07. The molecule has 20 heavy (non-hydrogen) atoms. The van der Waals surface area contributed by atoms with Crippen LogP contribution >= 0.6 is 11.6 Å². The van der Waals surface area contributed by atoms with Gasteiger partial charge in [-0.25, -0.2) is 4.68 Å². The number of nitrogens with zero attached hydrogens (tertiary/aromatic N) is 5. The van der Waals surface area contributed by atoms with Gasteiger partial charge in [-0.3, -0.25) is 15.1 Å². The van der Waals surface area contributed by atoms with E-state index >= 15 is 0 Å². The van der Waals surface area contributed by atoms with E-state index in [4.69, 9.17) is 11.6 Å². The van der Waals surface area contributed by atoms with Gasteiger partial charge in [0.1, 0.15) is 23.4 Å². The van der Waals surface area contributed by atoms with Crippen LogP contribution in [0.2, 0.25) is 5.02 Å². The molecule has 106 valence electrons. The lowest BCUT2D eigenvalue weighted by Gasteiger charge is -2.24. The fourth-order valence-corrected chi connectivity index (χ4v) is 2.06. The molecular weight excluding hydrogens is 286 g/mol. The van der Waals surface area contributed by atoms with Crippen LogP contribution in [0.5, 0.6) is 0 Å². The van der Waals surface area contributed by atoms with Crippen LogP contribution in [0.1, 0.15) is 11.6 Å². The van der Waals surface area contributed by atoms with Gasteiger partial charge in [0.2, 0.25) is 0 Å². The molecule has 0 aliphatic rings. The van der Waals surface area contributed by atoms with Crippen molar-refractivity contribution in [3.63, 3.8) is 0 Å². The molecule has 1 N–H and O–H groups in total. The minimum atomic E-state index is -0.576. The maximum atomic E-state index is 10.9. The molecule has 0 fully saturated rings. The Morgan fingerprint density at radius 2 is 2.00 bits per heavy atom. The van der Waals surface area contributed by atoms with E-state index in [1.807, 2.05) is 0 Å². The Kier molecular flexibility index (Phi) is 3.86. The van der Waals surface area contributed by atoms with E-state index in [-0.39, 0.29) is 10.7 Å². The van der Waals surface area contributed by atoms with E-state index in [1.54, 1.807) is 24.6 Å². The van der Waals surface area contributed by atoms with Gasteiger partial charge in [-0.1, -0.05) is 11.6 Å². The monoisotopic (exact) mass is 297 g/mol. The maximum absolute atomic E-state index is 10.9. The Balaban J connectivity index is 2.53. The Labute approximate surface area is 119 Å². The van der Waals surface area contributed by atoms with Crippen LogP contribution in [0, 0.1) is 24.0 Å². The second kappa shape index (κ2) is 5.43. The third kappa shape index (κ3) is 2.43.